The van der Waals surface area contributed by atoms with Crippen LogP contribution < -0.4 is 10.5 Å². The summed E-state index contributed by atoms with van der Waals surface area (Å²) in [5.41, 5.74) is 7.87. The zero-order valence-electron chi connectivity index (χ0n) is 12.1. The number of pyridine rings is 1. The first-order valence-electron chi connectivity index (χ1n) is 6.78. The summed E-state index contributed by atoms with van der Waals surface area (Å²) in [5, 5.41) is 0.847. The predicted octanol–water partition coefficient (Wildman–Crippen LogP) is 3.15. The maximum Gasteiger partial charge on any atom is 0.181 e. The first-order chi connectivity index (χ1) is 10.8. The van der Waals surface area contributed by atoms with Gasteiger partial charge in [-0.2, -0.15) is 0 Å². The number of rotatable bonds is 5. The molecule has 0 spiro atoms. The Morgan fingerprint density at radius 1 is 1.14 bits per heavy atom. The fraction of sp³-hybridized carbons (Fsp3) is 0.125. The third-order valence-electron chi connectivity index (χ3n) is 3.22. The summed E-state index contributed by atoms with van der Waals surface area (Å²) in [7, 11) is 1.63. The van der Waals surface area contributed by atoms with Crippen LogP contribution >= 0.6 is 11.8 Å². The lowest BCUT2D eigenvalue weighted by Crippen LogP contribution is -2.01. The highest BCUT2D eigenvalue weighted by molar-refractivity contribution is 7.98. The molecule has 1 aromatic carbocycles. The van der Waals surface area contributed by atoms with E-state index in [0.29, 0.717) is 5.75 Å². The second kappa shape index (κ2) is 6.53. The minimum atomic E-state index is 0.710. The Morgan fingerprint density at radius 3 is 2.82 bits per heavy atom. The third-order valence-corrected chi connectivity index (χ3v) is 4.23. The monoisotopic (exact) mass is 312 g/mol. The maximum atomic E-state index is 5.98. The number of hydrogen-bond acceptors (Lipinski definition) is 5. The van der Waals surface area contributed by atoms with Gasteiger partial charge < -0.3 is 10.5 Å². The van der Waals surface area contributed by atoms with Gasteiger partial charge in [-0.3, -0.25) is 4.57 Å². The maximum absolute atomic E-state index is 5.98. The molecule has 0 saturated heterocycles. The molecular formula is C16H16N4OS. The van der Waals surface area contributed by atoms with Crippen LogP contribution in [0.1, 0.15) is 5.56 Å². The minimum Gasteiger partial charge on any atom is -0.493 e. The van der Waals surface area contributed by atoms with E-state index >= 15 is 0 Å². The van der Waals surface area contributed by atoms with Crippen LogP contribution in [-0.2, 0) is 5.75 Å². The average molecular weight is 312 g/mol. The van der Waals surface area contributed by atoms with Crippen LogP contribution in [0, 0.1) is 0 Å². The van der Waals surface area contributed by atoms with E-state index in [1.807, 2.05) is 47.2 Å². The van der Waals surface area contributed by atoms with Crippen molar-refractivity contribution in [3.05, 3.63) is 60.6 Å². The van der Waals surface area contributed by atoms with Gasteiger partial charge in [0, 0.05) is 30.0 Å². The predicted molar refractivity (Wildman–Crippen MR) is 88.3 cm³/mol. The Morgan fingerprint density at radius 2 is 2.00 bits per heavy atom. The number of thioether (sulfide) groups is 1. The highest BCUT2D eigenvalue weighted by atomic mass is 32.2. The van der Waals surface area contributed by atoms with Crippen molar-refractivity contribution in [3.8, 4) is 11.6 Å². The molecule has 22 heavy (non-hydrogen) atoms. The Labute approximate surface area is 133 Å². The third kappa shape index (κ3) is 2.92. The van der Waals surface area contributed by atoms with Crippen LogP contribution in [0.3, 0.4) is 0 Å². The number of imidazole rings is 1. The van der Waals surface area contributed by atoms with Gasteiger partial charge in [-0.15, -0.1) is 0 Å². The molecule has 3 rings (SSSR count). The van der Waals surface area contributed by atoms with Gasteiger partial charge in [0.2, 0.25) is 0 Å². The second-order valence-corrected chi connectivity index (χ2v) is 5.54. The molecule has 0 aliphatic rings. The van der Waals surface area contributed by atoms with Crippen molar-refractivity contribution in [3.63, 3.8) is 0 Å². The molecule has 6 heteroatoms. The lowest BCUT2D eigenvalue weighted by molar-refractivity contribution is 0.409. The SMILES string of the molecule is COc1cccnc1-n1ccnc1SCc1ccccc1N. The van der Waals surface area contributed by atoms with Crippen molar-refractivity contribution >= 4 is 17.4 Å². The van der Waals surface area contributed by atoms with Crippen LogP contribution in [0.4, 0.5) is 5.69 Å². The van der Waals surface area contributed by atoms with E-state index in [4.69, 9.17) is 10.5 Å². The zero-order chi connectivity index (χ0) is 15.4. The van der Waals surface area contributed by atoms with Crippen LogP contribution in [0.15, 0.2) is 60.1 Å². The van der Waals surface area contributed by atoms with Crippen LogP contribution in [-0.4, -0.2) is 21.6 Å². The lowest BCUT2D eigenvalue weighted by Gasteiger charge is -2.10. The van der Waals surface area contributed by atoms with E-state index in [1.54, 1.807) is 31.3 Å². The Hall–Kier alpha value is -2.47. The summed E-state index contributed by atoms with van der Waals surface area (Å²) in [4.78, 5) is 8.79. The van der Waals surface area contributed by atoms with Crippen molar-refractivity contribution in [1.29, 1.82) is 0 Å². The van der Waals surface area contributed by atoms with Gasteiger partial charge in [0.25, 0.3) is 0 Å². The molecule has 0 amide bonds. The highest BCUT2D eigenvalue weighted by Gasteiger charge is 2.12. The van der Waals surface area contributed by atoms with E-state index < -0.39 is 0 Å². The molecule has 2 aromatic heterocycles. The number of benzene rings is 1. The molecule has 0 bridgehead atoms. The first-order valence-corrected chi connectivity index (χ1v) is 7.77. The van der Waals surface area contributed by atoms with Crippen molar-refractivity contribution in [2.24, 2.45) is 0 Å². The van der Waals surface area contributed by atoms with Gasteiger partial charge in [-0.05, 0) is 23.8 Å². The van der Waals surface area contributed by atoms with Gasteiger partial charge in [-0.25, -0.2) is 9.97 Å². The topological polar surface area (TPSA) is 66.0 Å². The summed E-state index contributed by atoms with van der Waals surface area (Å²) >= 11 is 1.61. The molecule has 0 radical (unpaired) electrons. The number of nitrogens with two attached hydrogens (primary N) is 1. The number of nitrogen functional groups attached to an aromatic ring is 1. The molecule has 0 atom stereocenters. The second-order valence-electron chi connectivity index (χ2n) is 4.60. The molecule has 0 saturated carbocycles. The van der Waals surface area contributed by atoms with Crippen LogP contribution in [0.2, 0.25) is 0 Å². The van der Waals surface area contributed by atoms with E-state index in [2.05, 4.69) is 9.97 Å². The van der Waals surface area contributed by atoms with E-state index in [9.17, 15) is 0 Å². The summed E-state index contributed by atoms with van der Waals surface area (Å²) < 4.78 is 7.28. The van der Waals surface area contributed by atoms with E-state index in [-0.39, 0.29) is 0 Å². The molecule has 0 fully saturated rings. The fourth-order valence-corrected chi connectivity index (χ4v) is 3.06. The van der Waals surface area contributed by atoms with Crippen LogP contribution in [0.5, 0.6) is 5.75 Å². The van der Waals surface area contributed by atoms with Gasteiger partial charge in [-0.1, -0.05) is 30.0 Å². The normalized spacial score (nSPS) is 10.6. The standard InChI is InChI=1S/C16H16N4OS/c1-21-14-7-4-8-18-15(14)20-10-9-19-16(20)22-11-12-5-2-3-6-13(12)17/h2-10H,11,17H2,1H3. The molecule has 0 unspecified atom stereocenters. The smallest absolute Gasteiger partial charge is 0.181 e. The Balaban J connectivity index is 1.85. The molecule has 0 aliphatic carbocycles. The van der Waals surface area contributed by atoms with Gasteiger partial charge in [0.15, 0.2) is 16.7 Å². The summed E-state index contributed by atoms with van der Waals surface area (Å²) in [6.45, 7) is 0. The van der Waals surface area contributed by atoms with Gasteiger partial charge in [0.05, 0.1) is 7.11 Å². The van der Waals surface area contributed by atoms with Crippen molar-refractivity contribution in [1.82, 2.24) is 14.5 Å². The lowest BCUT2D eigenvalue weighted by atomic mass is 10.2. The fourth-order valence-electron chi connectivity index (χ4n) is 2.09. The number of ether oxygens (including phenoxy) is 1. The molecule has 3 aromatic rings. The number of hydrogen-bond donors (Lipinski definition) is 1. The van der Waals surface area contributed by atoms with E-state index in [0.717, 1.165) is 28.0 Å². The zero-order valence-corrected chi connectivity index (χ0v) is 13.0. The number of methoxy groups -OCH3 is 1. The first kappa shape index (κ1) is 14.5. The molecule has 2 heterocycles. The summed E-state index contributed by atoms with van der Waals surface area (Å²) in [5.74, 6) is 2.19. The number of para-hydroxylation sites is 1. The summed E-state index contributed by atoms with van der Waals surface area (Å²) in [6, 6.07) is 11.6. The molecule has 112 valence electrons. The molecule has 0 aliphatic heterocycles. The summed E-state index contributed by atoms with van der Waals surface area (Å²) in [6.07, 6.45) is 5.37. The van der Waals surface area contributed by atoms with Crippen molar-refractivity contribution in [2.75, 3.05) is 12.8 Å². The minimum absolute atomic E-state index is 0.710. The quantitative estimate of drug-likeness (QED) is 0.579. The number of nitrogens with zero attached hydrogens (tertiary/aromatic N) is 3. The average Bonchev–Trinajstić information content (AvgIpc) is 3.02. The molecular weight excluding hydrogens is 296 g/mol. The number of anilines is 1. The van der Waals surface area contributed by atoms with Gasteiger partial charge in [0.1, 0.15) is 0 Å². The highest BCUT2D eigenvalue weighted by Crippen LogP contribution is 2.28. The van der Waals surface area contributed by atoms with Crippen molar-refractivity contribution in [2.45, 2.75) is 10.9 Å². The Bertz CT molecular complexity index is 772. The Kier molecular flexibility index (Phi) is 4.29. The molecule has 2 N–H and O–H groups in total. The molecule has 5 nitrogen and oxygen atoms in total. The van der Waals surface area contributed by atoms with Gasteiger partial charge >= 0.3 is 0 Å². The van der Waals surface area contributed by atoms with Crippen LogP contribution in [0.25, 0.3) is 5.82 Å². The van der Waals surface area contributed by atoms with E-state index in [1.165, 1.54) is 0 Å². The largest absolute Gasteiger partial charge is 0.493 e. The van der Waals surface area contributed by atoms with Crippen molar-refractivity contribution < 1.29 is 4.74 Å². The number of aromatic nitrogens is 3.